The van der Waals surface area contributed by atoms with Crippen LogP contribution in [0.5, 0.6) is 0 Å². The summed E-state index contributed by atoms with van der Waals surface area (Å²) in [6.45, 7) is 13.8. The Balaban J connectivity index is 0.974. The van der Waals surface area contributed by atoms with Crippen molar-refractivity contribution in [1.29, 1.82) is 0 Å². The maximum Gasteiger partial charge on any atom is 0.159 e. The number of para-hydroxylation sites is 6. The van der Waals surface area contributed by atoms with Gasteiger partial charge in [0, 0.05) is 54.8 Å². The second kappa shape index (κ2) is 17.1. The Labute approximate surface area is 437 Å². The molecule has 360 valence electrons. The molecule has 12 aromatic carbocycles. The third kappa shape index (κ3) is 7.10. The Morgan fingerprint density at radius 3 is 1.20 bits per heavy atom. The summed E-state index contributed by atoms with van der Waals surface area (Å²) < 4.78 is 14.4. The molecule has 0 unspecified atom stereocenters. The Bertz CT molecular complexity index is 4560. The highest BCUT2D eigenvalue weighted by atomic mass is 28.3. The second-order valence-corrected chi connectivity index (χ2v) is 26.5. The number of hydrogen-bond donors (Lipinski definition) is 0. The number of aryl methyl sites for hydroxylation is 3. The fourth-order valence-electron chi connectivity index (χ4n) is 12.1. The molecule has 14 aromatic rings. The Hall–Kier alpha value is -8.90. The van der Waals surface area contributed by atoms with Crippen molar-refractivity contribution < 1.29 is 8.83 Å². The standard InChI is InChI=1S/C70H54N2O2Si/c1-43-29-35-51(44(2)41-43)53-21-13-23-55-57-25-15-27-63(69(57)73-67(53)55)71(48-17-9-7-10-18-48)61-39-32-46-31-37-60-62(40-33-47-30-36-59(61)65(46)66(47)60)72(49-19-11-8-12-20-49)64-28-16-26-58-56-24-14-22-54(68(56)74-70(58)64)52-38-34-50(42-45(52)3)75(4,5)6/h7-42H,1-6H3. The minimum atomic E-state index is -1.49. The van der Waals surface area contributed by atoms with Crippen LogP contribution in [0.25, 0.3) is 98.4 Å². The van der Waals surface area contributed by atoms with Crippen LogP contribution in [0.1, 0.15) is 16.7 Å². The van der Waals surface area contributed by atoms with Gasteiger partial charge in [-0.1, -0.05) is 200 Å². The number of hydrogen-bond acceptors (Lipinski definition) is 4. The van der Waals surface area contributed by atoms with Crippen molar-refractivity contribution in [3.8, 4) is 22.3 Å². The van der Waals surface area contributed by atoms with Crippen molar-refractivity contribution >= 4 is 124 Å². The molecule has 0 aliphatic rings. The molecule has 0 saturated heterocycles. The molecule has 0 spiro atoms. The van der Waals surface area contributed by atoms with Crippen LogP contribution in [0.15, 0.2) is 227 Å². The predicted octanol–water partition coefficient (Wildman–Crippen LogP) is 20.1. The van der Waals surface area contributed by atoms with Crippen LogP contribution in [0.2, 0.25) is 19.6 Å². The Kier molecular flexibility index (Phi) is 10.2. The van der Waals surface area contributed by atoms with E-state index in [4.69, 9.17) is 8.83 Å². The highest BCUT2D eigenvalue weighted by Gasteiger charge is 2.27. The molecule has 75 heavy (non-hydrogen) atoms. The molecule has 0 N–H and O–H groups in total. The van der Waals surface area contributed by atoms with Crippen LogP contribution >= 0.6 is 0 Å². The van der Waals surface area contributed by atoms with Crippen LogP contribution < -0.4 is 15.0 Å². The summed E-state index contributed by atoms with van der Waals surface area (Å²) >= 11 is 0. The highest BCUT2D eigenvalue weighted by molar-refractivity contribution is 6.88. The zero-order valence-electron chi connectivity index (χ0n) is 43.0. The average Bonchev–Trinajstić information content (AvgIpc) is 4.02. The molecule has 0 saturated carbocycles. The number of fused-ring (bicyclic) bond motifs is 6. The van der Waals surface area contributed by atoms with E-state index in [-0.39, 0.29) is 0 Å². The lowest BCUT2D eigenvalue weighted by Crippen LogP contribution is -2.37. The summed E-state index contributed by atoms with van der Waals surface area (Å²) in [6, 6.07) is 79.8. The summed E-state index contributed by atoms with van der Waals surface area (Å²) in [5, 5.41) is 13.0. The van der Waals surface area contributed by atoms with Gasteiger partial charge >= 0.3 is 0 Å². The predicted molar refractivity (Wildman–Crippen MR) is 322 cm³/mol. The molecular formula is C70H54N2O2Si. The van der Waals surface area contributed by atoms with E-state index < -0.39 is 8.07 Å². The monoisotopic (exact) mass is 982 g/mol. The maximum absolute atomic E-state index is 7.24. The maximum atomic E-state index is 7.24. The van der Waals surface area contributed by atoms with E-state index in [1.54, 1.807) is 0 Å². The summed E-state index contributed by atoms with van der Waals surface area (Å²) in [4.78, 5) is 4.79. The molecular weight excluding hydrogens is 929 g/mol. The van der Waals surface area contributed by atoms with E-state index in [0.29, 0.717) is 0 Å². The van der Waals surface area contributed by atoms with Crippen LogP contribution in [0.3, 0.4) is 0 Å². The van der Waals surface area contributed by atoms with Crippen LogP contribution in [-0.2, 0) is 0 Å². The van der Waals surface area contributed by atoms with E-state index in [1.165, 1.54) is 54.5 Å². The van der Waals surface area contributed by atoms with Gasteiger partial charge in [0.05, 0.1) is 30.8 Å². The first kappa shape index (κ1) is 44.8. The van der Waals surface area contributed by atoms with E-state index in [1.807, 2.05) is 0 Å². The second-order valence-electron chi connectivity index (χ2n) is 21.4. The molecule has 2 heterocycles. The fourth-order valence-corrected chi connectivity index (χ4v) is 13.3. The van der Waals surface area contributed by atoms with E-state index in [0.717, 1.165) is 99.9 Å². The lowest BCUT2D eigenvalue weighted by atomic mass is 9.91. The summed E-state index contributed by atoms with van der Waals surface area (Å²) in [5.74, 6) is 0. The van der Waals surface area contributed by atoms with E-state index in [2.05, 4.69) is 269 Å². The molecule has 2 aromatic heterocycles. The van der Waals surface area contributed by atoms with Gasteiger partial charge in [0.25, 0.3) is 0 Å². The molecule has 0 atom stereocenters. The molecule has 4 nitrogen and oxygen atoms in total. The normalized spacial score (nSPS) is 12.1. The molecule has 0 bridgehead atoms. The SMILES string of the molecule is Cc1ccc(-c2cccc3c2oc2c(N(c4ccccc4)c4ccc5ccc6c(N(c7ccccc7)c7cccc8c7oc7c(-c9ccc([Si](C)(C)C)cc9C)cccc78)ccc7ccc4c5c76)cccc23)c(C)c1. The van der Waals surface area contributed by atoms with Crippen molar-refractivity contribution in [2.45, 2.75) is 40.4 Å². The summed E-state index contributed by atoms with van der Waals surface area (Å²) in [7, 11) is -1.49. The van der Waals surface area contributed by atoms with Gasteiger partial charge in [-0.15, -0.1) is 0 Å². The van der Waals surface area contributed by atoms with Gasteiger partial charge in [0.2, 0.25) is 0 Å². The first-order valence-electron chi connectivity index (χ1n) is 26.1. The Morgan fingerprint density at radius 1 is 0.320 bits per heavy atom. The molecule has 0 radical (unpaired) electrons. The third-order valence-electron chi connectivity index (χ3n) is 15.7. The summed E-state index contributed by atoms with van der Waals surface area (Å²) in [5.41, 5.74) is 18.1. The van der Waals surface area contributed by atoms with Gasteiger partial charge in [-0.3, -0.25) is 0 Å². The van der Waals surface area contributed by atoms with E-state index >= 15 is 0 Å². The molecule has 5 heteroatoms. The lowest BCUT2D eigenvalue weighted by Gasteiger charge is -2.29. The smallest absolute Gasteiger partial charge is 0.159 e. The average molecular weight is 983 g/mol. The van der Waals surface area contributed by atoms with Gasteiger partial charge in [0.1, 0.15) is 11.2 Å². The van der Waals surface area contributed by atoms with Gasteiger partial charge in [-0.25, -0.2) is 0 Å². The lowest BCUT2D eigenvalue weighted by molar-refractivity contribution is 0.670. The van der Waals surface area contributed by atoms with Gasteiger partial charge < -0.3 is 18.6 Å². The van der Waals surface area contributed by atoms with Crippen molar-refractivity contribution in [3.63, 3.8) is 0 Å². The Morgan fingerprint density at radius 2 is 0.747 bits per heavy atom. The minimum absolute atomic E-state index is 0.849. The van der Waals surface area contributed by atoms with Crippen molar-refractivity contribution in [1.82, 2.24) is 0 Å². The molecule has 0 aliphatic heterocycles. The number of nitrogens with zero attached hydrogens (tertiary/aromatic N) is 2. The van der Waals surface area contributed by atoms with Crippen molar-refractivity contribution in [2.75, 3.05) is 9.80 Å². The first-order chi connectivity index (χ1) is 36.6. The number of anilines is 6. The zero-order chi connectivity index (χ0) is 50.7. The van der Waals surface area contributed by atoms with Gasteiger partial charge in [0.15, 0.2) is 11.2 Å². The minimum Gasteiger partial charge on any atom is -0.453 e. The zero-order valence-corrected chi connectivity index (χ0v) is 44.0. The first-order valence-corrected chi connectivity index (χ1v) is 29.6. The number of benzene rings is 12. The molecule has 0 fully saturated rings. The van der Waals surface area contributed by atoms with Gasteiger partial charge in [-0.05, 0) is 113 Å². The van der Waals surface area contributed by atoms with E-state index in [9.17, 15) is 0 Å². The molecule has 0 aliphatic carbocycles. The van der Waals surface area contributed by atoms with Crippen LogP contribution in [0.4, 0.5) is 34.1 Å². The summed E-state index contributed by atoms with van der Waals surface area (Å²) in [6.07, 6.45) is 0. The topological polar surface area (TPSA) is 32.8 Å². The quantitative estimate of drug-likeness (QED) is 0.107. The molecule has 0 amide bonds. The van der Waals surface area contributed by atoms with Crippen LogP contribution in [0, 0.1) is 20.8 Å². The van der Waals surface area contributed by atoms with Crippen molar-refractivity contribution in [3.05, 3.63) is 235 Å². The number of rotatable bonds is 9. The molecule has 14 rings (SSSR count). The van der Waals surface area contributed by atoms with Crippen LogP contribution in [-0.4, -0.2) is 8.07 Å². The number of furan rings is 2. The highest BCUT2D eigenvalue weighted by Crippen LogP contribution is 2.51. The fraction of sp³-hybridized carbons (Fsp3) is 0.0857. The largest absolute Gasteiger partial charge is 0.453 e. The third-order valence-corrected chi connectivity index (χ3v) is 17.7. The van der Waals surface area contributed by atoms with Crippen molar-refractivity contribution in [2.24, 2.45) is 0 Å². The van der Waals surface area contributed by atoms with Gasteiger partial charge in [-0.2, -0.15) is 0 Å².